The van der Waals surface area contributed by atoms with Gasteiger partial charge in [-0.05, 0) is 25.9 Å². The summed E-state index contributed by atoms with van der Waals surface area (Å²) in [5.74, 6) is 0. The Balaban J connectivity index is 2.98. The normalized spacial score (nSPS) is 11.4. The van der Waals surface area contributed by atoms with Crippen LogP contribution in [0.2, 0.25) is 0 Å². The lowest BCUT2D eigenvalue weighted by Crippen LogP contribution is -2.16. The largest absolute Gasteiger partial charge is 0.317 e. The Morgan fingerprint density at radius 3 is 0.656 bits per heavy atom. The molecule has 0 aromatic heterocycles. The first-order valence-electron chi connectivity index (χ1n) is 15.6. The molecule has 0 aliphatic carbocycles. The highest BCUT2D eigenvalue weighted by molar-refractivity contribution is 4.53. The van der Waals surface area contributed by atoms with E-state index >= 15 is 0 Å². The van der Waals surface area contributed by atoms with E-state index in [1.807, 2.05) is 0 Å². The highest BCUT2D eigenvalue weighted by Gasteiger charge is 1.96. The van der Waals surface area contributed by atoms with Crippen LogP contribution in [0.1, 0.15) is 187 Å². The van der Waals surface area contributed by atoms with E-state index < -0.39 is 0 Å². The summed E-state index contributed by atoms with van der Waals surface area (Å²) in [7, 11) is 0. The number of nitrogens with one attached hydrogen (secondary N) is 1. The van der Waals surface area contributed by atoms with Gasteiger partial charge < -0.3 is 5.32 Å². The second-order valence-corrected chi connectivity index (χ2v) is 10.6. The Morgan fingerprint density at radius 2 is 0.438 bits per heavy atom. The summed E-state index contributed by atoms with van der Waals surface area (Å²) in [5, 5.41) is 3.62. The molecule has 1 N–H and O–H groups in total. The Hall–Kier alpha value is -0.0400. The number of hydrogen-bond acceptors (Lipinski definition) is 1. The molecule has 0 rings (SSSR count). The molecule has 0 aromatic rings. The van der Waals surface area contributed by atoms with Gasteiger partial charge in [0.25, 0.3) is 0 Å². The van der Waals surface area contributed by atoms with E-state index in [1.165, 1.54) is 186 Å². The second kappa shape index (κ2) is 31.0. The van der Waals surface area contributed by atoms with E-state index in [1.54, 1.807) is 0 Å². The van der Waals surface area contributed by atoms with Crippen molar-refractivity contribution < 1.29 is 0 Å². The van der Waals surface area contributed by atoms with Crippen LogP contribution in [0.25, 0.3) is 0 Å². The molecule has 1 heteroatoms. The van der Waals surface area contributed by atoms with Crippen LogP contribution in [0, 0.1) is 0 Å². The van der Waals surface area contributed by atoms with Gasteiger partial charge in [0.15, 0.2) is 0 Å². The maximum atomic E-state index is 3.62. The number of hydrogen-bond donors (Lipinski definition) is 1. The standard InChI is InChI=1S/C31H65N/c1-3-5-7-9-10-11-12-13-14-15-16-17-18-19-20-21-22-23-24-25-27-29-31-32-30-28-26-8-6-4-2/h32H,3-31H2,1-2H3. The van der Waals surface area contributed by atoms with Crippen molar-refractivity contribution in [3.8, 4) is 0 Å². The summed E-state index contributed by atoms with van der Waals surface area (Å²) >= 11 is 0. The monoisotopic (exact) mass is 452 g/mol. The average Bonchev–Trinajstić information content (AvgIpc) is 2.81. The van der Waals surface area contributed by atoms with Crippen LogP contribution in [-0.4, -0.2) is 13.1 Å². The van der Waals surface area contributed by atoms with Crippen LogP contribution in [-0.2, 0) is 0 Å². The average molecular weight is 452 g/mol. The minimum absolute atomic E-state index is 1.24. The summed E-state index contributed by atoms with van der Waals surface area (Å²) in [6.07, 6.45) is 39.3. The molecule has 0 aliphatic heterocycles. The Bertz CT molecular complexity index is 271. The summed E-state index contributed by atoms with van der Waals surface area (Å²) in [4.78, 5) is 0. The van der Waals surface area contributed by atoms with Crippen molar-refractivity contribution in [1.82, 2.24) is 5.32 Å². The molecule has 0 atom stereocenters. The van der Waals surface area contributed by atoms with E-state index in [9.17, 15) is 0 Å². The molecular weight excluding hydrogens is 386 g/mol. The Labute approximate surface area is 205 Å². The molecule has 0 saturated carbocycles. The first-order valence-corrected chi connectivity index (χ1v) is 15.6. The lowest BCUT2D eigenvalue weighted by molar-refractivity contribution is 0.515. The summed E-state index contributed by atoms with van der Waals surface area (Å²) in [6.45, 7) is 7.08. The fourth-order valence-electron chi connectivity index (χ4n) is 4.84. The third-order valence-electron chi connectivity index (χ3n) is 7.16. The van der Waals surface area contributed by atoms with E-state index in [-0.39, 0.29) is 0 Å². The molecule has 0 spiro atoms. The molecule has 1 nitrogen and oxygen atoms in total. The van der Waals surface area contributed by atoms with Crippen molar-refractivity contribution in [2.24, 2.45) is 0 Å². The van der Waals surface area contributed by atoms with E-state index in [2.05, 4.69) is 19.2 Å². The van der Waals surface area contributed by atoms with Crippen molar-refractivity contribution in [1.29, 1.82) is 0 Å². The van der Waals surface area contributed by atoms with Crippen molar-refractivity contribution in [3.05, 3.63) is 0 Å². The zero-order valence-corrected chi connectivity index (χ0v) is 23.0. The molecule has 0 saturated heterocycles. The van der Waals surface area contributed by atoms with Gasteiger partial charge in [-0.25, -0.2) is 0 Å². The molecule has 0 aromatic carbocycles. The summed E-state index contributed by atoms with van der Waals surface area (Å²) < 4.78 is 0. The molecule has 32 heavy (non-hydrogen) atoms. The fourth-order valence-corrected chi connectivity index (χ4v) is 4.84. The maximum Gasteiger partial charge on any atom is -0.00489 e. The SMILES string of the molecule is CCCCCCCCCCCCCCCCCCCCCCCCNCCCCCCC. The zero-order chi connectivity index (χ0) is 23.2. The van der Waals surface area contributed by atoms with Gasteiger partial charge in [-0.15, -0.1) is 0 Å². The maximum absolute atomic E-state index is 3.62. The van der Waals surface area contributed by atoms with Gasteiger partial charge in [-0.1, -0.05) is 174 Å². The number of unbranched alkanes of at least 4 members (excludes halogenated alkanes) is 25. The number of rotatable bonds is 29. The fraction of sp³-hybridized carbons (Fsp3) is 1.00. The van der Waals surface area contributed by atoms with Gasteiger partial charge in [0.2, 0.25) is 0 Å². The van der Waals surface area contributed by atoms with Crippen LogP contribution in [0.3, 0.4) is 0 Å². The third kappa shape index (κ3) is 30.0. The van der Waals surface area contributed by atoms with Gasteiger partial charge in [0, 0.05) is 0 Å². The predicted molar refractivity (Wildman–Crippen MR) is 149 cm³/mol. The molecule has 0 bridgehead atoms. The lowest BCUT2D eigenvalue weighted by Gasteiger charge is -2.05. The molecule has 0 amide bonds. The van der Waals surface area contributed by atoms with Crippen LogP contribution in [0.15, 0.2) is 0 Å². The van der Waals surface area contributed by atoms with Gasteiger partial charge in [0.1, 0.15) is 0 Å². The molecule has 0 fully saturated rings. The minimum Gasteiger partial charge on any atom is -0.317 e. The second-order valence-electron chi connectivity index (χ2n) is 10.6. The van der Waals surface area contributed by atoms with Crippen LogP contribution < -0.4 is 5.32 Å². The first-order chi connectivity index (χ1) is 15.9. The van der Waals surface area contributed by atoms with E-state index in [0.717, 1.165) is 0 Å². The van der Waals surface area contributed by atoms with Gasteiger partial charge >= 0.3 is 0 Å². The minimum atomic E-state index is 1.24. The van der Waals surface area contributed by atoms with Crippen molar-refractivity contribution in [2.45, 2.75) is 187 Å². The highest BCUT2D eigenvalue weighted by Crippen LogP contribution is 2.15. The summed E-state index contributed by atoms with van der Waals surface area (Å²) in [6, 6.07) is 0. The van der Waals surface area contributed by atoms with Crippen LogP contribution in [0.5, 0.6) is 0 Å². The Morgan fingerprint density at radius 1 is 0.250 bits per heavy atom. The third-order valence-corrected chi connectivity index (χ3v) is 7.16. The van der Waals surface area contributed by atoms with Gasteiger partial charge in [-0.3, -0.25) is 0 Å². The van der Waals surface area contributed by atoms with Crippen molar-refractivity contribution in [3.63, 3.8) is 0 Å². The first kappa shape index (κ1) is 32.0. The smallest absolute Gasteiger partial charge is 0.00489 e. The molecule has 0 heterocycles. The highest BCUT2D eigenvalue weighted by atomic mass is 14.8. The molecule has 0 aliphatic rings. The molecular formula is C31H65N. The topological polar surface area (TPSA) is 12.0 Å². The molecule has 0 radical (unpaired) electrons. The zero-order valence-electron chi connectivity index (χ0n) is 23.0. The summed E-state index contributed by atoms with van der Waals surface area (Å²) in [5.41, 5.74) is 0. The van der Waals surface area contributed by atoms with Crippen LogP contribution in [0.4, 0.5) is 0 Å². The van der Waals surface area contributed by atoms with Crippen molar-refractivity contribution >= 4 is 0 Å². The molecule has 194 valence electrons. The van der Waals surface area contributed by atoms with Crippen LogP contribution >= 0.6 is 0 Å². The predicted octanol–water partition coefficient (Wildman–Crippen LogP) is 11.1. The quantitative estimate of drug-likeness (QED) is 0.111. The van der Waals surface area contributed by atoms with Gasteiger partial charge in [0.05, 0.1) is 0 Å². The molecule has 0 unspecified atom stereocenters. The van der Waals surface area contributed by atoms with Gasteiger partial charge in [-0.2, -0.15) is 0 Å². The van der Waals surface area contributed by atoms with E-state index in [0.29, 0.717) is 0 Å². The van der Waals surface area contributed by atoms with Crippen molar-refractivity contribution in [2.75, 3.05) is 13.1 Å². The van der Waals surface area contributed by atoms with E-state index in [4.69, 9.17) is 0 Å². The lowest BCUT2D eigenvalue weighted by atomic mass is 10.0. The Kier molecular flexibility index (Phi) is 30.9.